The van der Waals surface area contributed by atoms with E-state index in [2.05, 4.69) is 28.4 Å². The van der Waals surface area contributed by atoms with E-state index < -0.39 is 0 Å². The van der Waals surface area contributed by atoms with Crippen LogP contribution < -0.4 is 15.0 Å². The van der Waals surface area contributed by atoms with Crippen molar-refractivity contribution < 1.29 is 4.74 Å². The van der Waals surface area contributed by atoms with Crippen LogP contribution in [-0.2, 0) is 6.42 Å². The highest BCUT2D eigenvalue weighted by atomic mass is 16.5. The molecule has 17 heavy (non-hydrogen) atoms. The second-order valence-electron chi connectivity index (χ2n) is 4.90. The molecule has 3 heteroatoms. The third kappa shape index (κ3) is 1.89. The van der Waals surface area contributed by atoms with Crippen LogP contribution in [0.2, 0.25) is 0 Å². The zero-order chi connectivity index (χ0) is 11.7. The lowest BCUT2D eigenvalue weighted by Gasteiger charge is -2.38. The van der Waals surface area contributed by atoms with Gasteiger partial charge in [-0.3, -0.25) is 0 Å². The smallest absolute Gasteiger partial charge is 0.124 e. The summed E-state index contributed by atoms with van der Waals surface area (Å²) in [5, 5.41) is 3.53. The molecule has 1 N–H and O–H groups in total. The van der Waals surface area contributed by atoms with Gasteiger partial charge in [0, 0.05) is 30.4 Å². The Labute approximate surface area is 103 Å². The summed E-state index contributed by atoms with van der Waals surface area (Å²) in [7, 11) is 1.77. The van der Waals surface area contributed by atoms with Crippen molar-refractivity contribution in [1.82, 2.24) is 5.32 Å². The largest absolute Gasteiger partial charge is 0.496 e. The lowest BCUT2D eigenvalue weighted by molar-refractivity contribution is 0.404. The van der Waals surface area contributed by atoms with Gasteiger partial charge in [0.25, 0.3) is 0 Å². The maximum Gasteiger partial charge on any atom is 0.124 e. The number of benzene rings is 1. The molecule has 0 amide bonds. The monoisotopic (exact) mass is 232 g/mol. The number of fused-ring (bicyclic) bond motifs is 3. The van der Waals surface area contributed by atoms with E-state index in [4.69, 9.17) is 4.74 Å². The zero-order valence-corrected chi connectivity index (χ0v) is 10.4. The standard InChI is InChI=1S/C14H20N2O/c1-17-14-5-2-4-13-12(14)7-6-11-10-15-8-3-9-16(11)13/h2,4-5,11,15H,3,6-10H2,1H3/t11-/m1/s1. The Kier molecular flexibility index (Phi) is 2.93. The Bertz CT molecular complexity index is 405. The summed E-state index contributed by atoms with van der Waals surface area (Å²) in [6.07, 6.45) is 3.61. The Morgan fingerprint density at radius 3 is 3.24 bits per heavy atom. The number of ether oxygens (including phenoxy) is 1. The molecule has 92 valence electrons. The van der Waals surface area contributed by atoms with Gasteiger partial charge in [0.05, 0.1) is 7.11 Å². The number of anilines is 1. The first-order chi connectivity index (χ1) is 8.40. The van der Waals surface area contributed by atoms with Crippen molar-refractivity contribution in [2.24, 2.45) is 0 Å². The molecule has 0 spiro atoms. The Morgan fingerprint density at radius 2 is 2.35 bits per heavy atom. The van der Waals surface area contributed by atoms with Crippen molar-refractivity contribution in [2.75, 3.05) is 31.6 Å². The van der Waals surface area contributed by atoms with Gasteiger partial charge in [0.1, 0.15) is 5.75 Å². The summed E-state index contributed by atoms with van der Waals surface area (Å²) < 4.78 is 5.48. The number of nitrogens with one attached hydrogen (secondary N) is 1. The molecule has 2 aliphatic rings. The quantitative estimate of drug-likeness (QED) is 0.799. The highest BCUT2D eigenvalue weighted by molar-refractivity contribution is 5.62. The Hall–Kier alpha value is -1.22. The molecule has 1 aromatic rings. The second-order valence-corrected chi connectivity index (χ2v) is 4.90. The Morgan fingerprint density at radius 1 is 1.41 bits per heavy atom. The van der Waals surface area contributed by atoms with Crippen LogP contribution in [-0.4, -0.2) is 32.8 Å². The molecule has 1 fully saturated rings. The molecule has 0 bridgehead atoms. The summed E-state index contributed by atoms with van der Waals surface area (Å²) in [6.45, 7) is 3.43. The SMILES string of the molecule is COc1cccc2c1CC[C@@H]1CNCCCN21. The molecule has 2 aliphatic heterocycles. The van der Waals surface area contributed by atoms with E-state index in [9.17, 15) is 0 Å². The van der Waals surface area contributed by atoms with Crippen molar-refractivity contribution in [3.8, 4) is 5.75 Å². The summed E-state index contributed by atoms with van der Waals surface area (Å²) in [5.41, 5.74) is 2.79. The van der Waals surface area contributed by atoms with Crippen LogP contribution in [0.3, 0.4) is 0 Å². The first-order valence-corrected chi connectivity index (χ1v) is 6.53. The van der Waals surface area contributed by atoms with Gasteiger partial charge in [-0.05, 0) is 37.9 Å². The molecular weight excluding hydrogens is 212 g/mol. The number of hydrogen-bond donors (Lipinski definition) is 1. The number of hydrogen-bond acceptors (Lipinski definition) is 3. The van der Waals surface area contributed by atoms with Crippen molar-refractivity contribution in [3.63, 3.8) is 0 Å². The molecule has 2 heterocycles. The molecule has 1 saturated heterocycles. The summed E-state index contributed by atoms with van der Waals surface area (Å²) in [6, 6.07) is 7.10. The maximum atomic E-state index is 5.48. The van der Waals surface area contributed by atoms with Crippen molar-refractivity contribution in [1.29, 1.82) is 0 Å². The highest BCUT2D eigenvalue weighted by Crippen LogP contribution is 2.36. The molecule has 0 saturated carbocycles. The lowest BCUT2D eigenvalue weighted by atomic mass is 9.95. The van der Waals surface area contributed by atoms with Crippen LogP contribution in [0.25, 0.3) is 0 Å². The Balaban J connectivity index is 1.99. The van der Waals surface area contributed by atoms with Gasteiger partial charge in [-0.15, -0.1) is 0 Å². The maximum absolute atomic E-state index is 5.48. The van der Waals surface area contributed by atoms with E-state index in [0.29, 0.717) is 6.04 Å². The van der Waals surface area contributed by atoms with Gasteiger partial charge >= 0.3 is 0 Å². The predicted molar refractivity (Wildman–Crippen MR) is 69.9 cm³/mol. The minimum Gasteiger partial charge on any atom is -0.496 e. The van der Waals surface area contributed by atoms with Crippen LogP contribution in [0.4, 0.5) is 5.69 Å². The van der Waals surface area contributed by atoms with Gasteiger partial charge < -0.3 is 15.0 Å². The molecule has 0 radical (unpaired) electrons. The molecule has 0 aliphatic carbocycles. The number of nitrogens with zero attached hydrogens (tertiary/aromatic N) is 1. The fourth-order valence-electron chi connectivity index (χ4n) is 3.09. The van der Waals surface area contributed by atoms with E-state index in [1.54, 1.807) is 7.11 Å². The first kappa shape index (κ1) is 10.9. The van der Waals surface area contributed by atoms with Crippen molar-refractivity contribution >= 4 is 5.69 Å². The van der Waals surface area contributed by atoms with Gasteiger partial charge in [-0.25, -0.2) is 0 Å². The first-order valence-electron chi connectivity index (χ1n) is 6.53. The minimum absolute atomic E-state index is 0.664. The van der Waals surface area contributed by atoms with E-state index in [1.807, 2.05) is 0 Å². The van der Waals surface area contributed by atoms with E-state index in [0.717, 1.165) is 31.8 Å². The van der Waals surface area contributed by atoms with Crippen LogP contribution in [0.5, 0.6) is 5.75 Å². The van der Waals surface area contributed by atoms with Crippen LogP contribution in [0.15, 0.2) is 18.2 Å². The molecular formula is C14H20N2O. The molecule has 0 unspecified atom stereocenters. The fourth-order valence-corrected chi connectivity index (χ4v) is 3.09. The number of methoxy groups -OCH3 is 1. The van der Waals surface area contributed by atoms with Crippen LogP contribution in [0.1, 0.15) is 18.4 Å². The van der Waals surface area contributed by atoms with Crippen LogP contribution >= 0.6 is 0 Å². The normalized spacial score (nSPS) is 23.6. The van der Waals surface area contributed by atoms with E-state index in [-0.39, 0.29) is 0 Å². The second kappa shape index (κ2) is 4.57. The molecule has 1 aromatic carbocycles. The summed E-state index contributed by atoms with van der Waals surface area (Å²) in [4.78, 5) is 2.57. The molecule has 0 aromatic heterocycles. The van der Waals surface area contributed by atoms with Gasteiger partial charge in [-0.2, -0.15) is 0 Å². The van der Waals surface area contributed by atoms with Gasteiger partial charge in [0.15, 0.2) is 0 Å². The zero-order valence-electron chi connectivity index (χ0n) is 10.4. The molecule has 3 nitrogen and oxygen atoms in total. The number of rotatable bonds is 1. The van der Waals surface area contributed by atoms with Crippen molar-refractivity contribution in [3.05, 3.63) is 23.8 Å². The summed E-state index contributed by atoms with van der Waals surface area (Å²) in [5.74, 6) is 1.05. The van der Waals surface area contributed by atoms with Crippen molar-refractivity contribution in [2.45, 2.75) is 25.3 Å². The third-order valence-electron chi connectivity index (χ3n) is 3.94. The van der Waals surface area contributed by atoms with Gasteiger partial charge in [0.2, 0.25) is 0 Å². The summed E-state index contributed by atoms with van der Waals surface area (Å²) >= 11 is 0. The van der Waals surface area contributed by atoms with Gasteiger partial charge in [-0.1, -0.05) is 6.07 Å². The molecule has 3 rings (SSSR count). The predicted octanol–water partition coefficient (Wildman–Crippen LogP) is 1.81. The third-order valence-corrected chi connectivity index (χ3v) is 3.94. The fraction of sp³-hybridized carbons (Fsp3) is 0.571. The average molecular weight is 232 g/mol. The highest BCUT2D eigenvalue weighted by Gasteiger charge is 2.28. The average Bonchev–Trinajstić information content (AvgIpc) is 2.63. The lowest BCUT2D eigenvalue weighted by Crippen LogP contribution is -2.43. The minimum atomic E-state index is 0.664. The van der Waals surface area contributed by atoms with E-state index in [1.165, 1.54) is 24.1 Å². The molecule has 1 atom stereocenters. The topological polar surface area (TPSA) is 24.5 Å². The van der Waals surface area contributed by atoms with E-state index >= 15 is 0 Å². The van der Waals surface area contributed by atoms with Crippen LogP contribution in [0, 0.1) is 0 Å².